The van der Waals surface area contributed by atoms with Gasteiger partial charge in [-0.25, -0.2) is 0 Å². The van der Waals surface area contributed by atoms with Crippen LogP contribution >= 0.6 is 0 Å². The summed E-state index contributed by atoms with van der Waals surface area (Å²) in [6, 6.07) is 17.2. The van der Waals surface area contributed by atoms with Gasteiger partial charge in [-0.15, -0.1) is 0 Å². The largest absolute Gasteiger partial charge is 0.490 e. The number of benzene rings is 2. The molecule has 29 heavy (non-hydrogen) atoms. The van der Waals surface area contributed by atoms with Crippen molar-refractivity contribution in [1.29, 1.82) is 0 Å². The van der Waals surface area contributed by atoms with Gasteiger partial charge in [0.1, 0.15) is 6.61 Å². The van der Waals surface area contributed by atoms with Crippen LogP contribution in [0, 0.1) is 5.92 Å². The number of nitrogens with one attached hydrogen (secondary N) is 1. The highest BCUT2D eigenvalue weighted by molar-refractivity contribution is 5.44. The molecule has 1 aliphatic rings. The summed E-state index contributed by atoms with van der Waals surface area (Å²) in [7, 11) is 0. The molecule has 158 valence electrons. The van der Waals surface area contributed by atoms with Crippen LogP contribution in [0.5, 0.6) is 11.5 Å². The van der Waals surface area contributed by atoms with Gasteiger partial charge in [0.2, 0.25) is 0 Å². The fourth-order valence-electron chi connectivity index (χ4n) is 3.90. The molecule has 4 heteroatoms. The molecule has 1 atom stereocenters. The van der Waals surface area contributed by atoms with E-state index in [1.807, 2.05) is 25.1 Å². The maximum Gasteiger partial charge on any atom is 0.161 e. The van der Waals surface area contributed by atoms with Gasteiger partial charge in [-0.3, -0.25) is 4.90 Å². The van der Waals surface area contributed by atoms with Gasteiger partial charge >= 0.3 is 0 Å². The average Bonchev–Trinajstić information content (AvgIpc) is 2.75. The molecule has 4 nitrogen and oxygen atoms in total. The zero-order valence-electron chi connectivity index (χ0n) is 18.2. The number of nitrogens with zero attached hydrogens (tertiary/aromatic N) is 1. The molecule has 0 radical (unpaired) electrons. The van der Waals surface area contributed by atoms with Gasteiger partial charge < -0.3 is 14.8 Å². The Morgan fingerprint density at radius 2 is 1.69 bits per heavy atom. The minimum absolute atomic E-state index is 0.432. The lowest BCUT2D eigenvalue weighted by molar-refractivity contribution is 0.159. The number of ether oxygens (including phenoxy) is 2. The van der Waals surface area contributed by atoms with Crippen molar-refractivity contribution in [1.82, 2.24) is 10.2 Å². The molecule has 1 N–H and O–H groups in total. The van der Waals surface area contributed by atoms with E-state index >= 15 is 0 Å². The summed E-state index contributed by atoms with van der Waals surface area (Å²) in [6.07, 6.45) is 2.40. The molecule has 2 aromatic carbocycles. The zero-order valence-corrected chi connectivity index (χ0v) is 18.2. The third-order valence-corrected chi connectivity index (χ3v) is 5.50. The standard InChI is InChI=1S/C25H36N2O2/c1-4-28-25-18-22(11-13-24(25)29-19-21-8-6-5-7-9-21)23(12-10-20(2)3)27-16-14-26-15-17-27/h5-9,11,13,18,20,23,26H,4,10,12,14-17,19H2,1-3H3/t23-/m1/s1. The normalized spacial score (nSPS) is 16.0. The van der Waals surface area contributed by atoms with Crippen LogP contribution in [-0.4, -0.2) is 37.7 Å². The van der Waals surface area contributed by atoms with E-state index in [1.165, 1.54) is 18.4 Å². The molecular formula is C25H36N2O2. The van der Waals surface area contributed by atoms with Crippen molar-refractivity contribution in [2.75, 3.05) is 32.8 Å². The monoisotopic (exact) mass is 396 g/mol. The zero-order chi connectivity index (χ0) is 20.5. The third kappa shape index (κ3) is 6.48. The van der Waals surface area contributed by atoms with Gasteiger partial charge in [0.05, 0.1) is 6.61 Å². The SMILES string of the molecule is CCOc1cc([C@@H](CCC(C)C)N2CCNCC2)ccc1OCc1ccccc1. The smallest absolute Gasteiger partial charge is 0.161 e. The van der Waals surface area contributed by atoms with Crippen molar-refractivity contribution in [2.45, 2.75) is 46.3 Å². The number of piperazine rings is 1. The van der Waals surface area contributed by atoms with E-state index < -0.39 is 0 Å². The second kappa shape index (κ2) is 11.2. The van der Waals surface area contributed by atoms with E-state index in [4.69, 9.17) is 9.47 Å². The van der Waals surface area contributed by atoms with E-state index in [9.17, 15) is 0 Å². The highest BCUT2D eigenvalue weighted by atomic mass is 16.5. The topological polar surface area (TPSA) is 33.7 Å². The number of rotatable bonds is 10. The summed E-state index contributed by atoms with van der Waals surface area (Å²) in [4.78, 5) is 2.62. The Balaban J connectivity index is 1.79. The Labute approximate surface area is 176 Å². The van der Waals surface area contributed by atoms with Crippen LogP contribution in [0.25, 0.3) is 0 Å². The van der Waals surface area contributed by atoms with Crippen LogP contribution < -0.4 is 14.8 Å². The summed E-state index contributed by atoms with van der Waals surface area (Å²) >= 11 is 0. The van der Waals surface area contributed by atoms with Crippen LogP contribution in [0.4, 0.5) is 0 Å². The third-order valence-electron chi connectivity index (χ3n) is 5.50. The van der Waals surface area contributed by atoms with E-state index in [1.54, 1.807) is 0 Å². The molecule has 0 saturated carbocycles. The van der Waals surface area contributed by atoms with Crippen molar-refractivity contribution in [3.8, 4) is 11.5 Å². The lowest BCUT2D eigenvalue weighted by atomic mass is 9.95. The van der Waals surface area contributed by atoms with E-state index in [2.05, 4.69) is 54.4 Å². The summed E-state index contributed by atoms with van der Waals surface area (Å²) in [5.74, 6) is 2.38. The van der Waals surface area contributed by atoms with Crippen molar-refractivity contribution in [2.24, 2.45) is 5.92 Å². The molecule has 0 aliphatic carbocycles. The molecule has 1 aliphatic heterocycles. The minimum atomic E-state index is 0.432. The number of hydrogen-bond donors (Lipinski definition) is 1. The first kappa shape index (κ1) is 21.7. The lowest BCUT2D eigenvalue weighted by Gasteiger charge is -2.36. The van der Waals surface area contributed by atoms with Gasteiger partial charge in [-0.2, -0.15) is 0 Å². The van der Waals surface area contributed by atoms with Crippen molar-refractivity contribution >= 4 is 0 Å². The molecule has 0 unspecified atom stereocenters. The van der Waals surface area contributed by atoms with Gasteiger partial charge in [0.15, 0.2) is 11.5 Å². The van der Waals surface area contributed by atoms with Crippen molar-refractivity contribution in [3.05, 3.63) is 59.7 Å². The highest BCUT2D eigenvalue weighted by Crippen LogP contribution is 2.35. The Morgan fingerprint density at radius 1 is 0.931 bits per heavy atom. The van der Waals surface area contributed by atoms with Gasteiger partial charge in [0, 0.05) is 32.2 Å². The summed E-state index contributed by atoms with van der Waals surface area (Å²) in [5.41, 5.74) is 2.50. The molecule has 1 saturated heterocycles. The molecule has 0 spiro atoms. The maximum absolute atomic E-state index is 6.11. The lowest BCUT2D eigenvalue weighted by Crippen LogP contribution is -2.45. The fourth-order valence-corrected chi connectivity index (χ4v) is 3.90. The van der Waals surface area contributed by atoms with Gasteiger partial charge in [-0.05, 0) is 48.9 Å². The predicted molar refractivity (Wildman–Crippen MR) is 120 cm³/mol. The van der Waals surface area contributed by atoms with Crippen molar-refractivity contribution in [3.63, 3.8) is 0 Å². The Morgan fingerprint density at radius 3 is 2.38 bits per heavy atom. The van der Waals surface area contributed by atoms with E-state index in [0.29, 0.717) is 25.2 Å². The molecular weight excluding hydrogens is 360 g/mol. The maximum atomic E-state index is 6.11. The minimum Gasteiger partial charge on any atom is -0.490 e. The summed E-state index contributed by atoms with van der Waals surface area (Å²) < 4.78 is 12.1. The molecule has 0 aromatic heterocycles. The van der Waals surface area contributed by atoms with Crippen LogP contribution in [-0.2, 0) is 6.61 Å². The molecule has 2 aromatic rings. The van der Waals surface area contributed by atoms with Crippen molar-refractivity contribution < 1.29 is 9.47 Å². The van der Waals surface area contributed by atoms with Gasteiger partial charge in [0.25, 0.3) is 0 Å². The average molecular weight is 397 g/mol. The summed E-state index contributed by atoms with van der Waals surface area (Å²) in [5, 5.41) is 3.47. The molecule has 3 rings (SSSR count). The van der Waals surface area contributed by atoms with Crippen LogP contribution in [0.3, 0.4) is 0 Å². The molecule has 1 fully saturated rings. The molecule has 1 heterocycles. The van der Waals surface area contributed by atoms with E-state index in [-0.39, 0.29) is 0 Å². The summed E-state index contributed by atoms with van der Waals surface area (Å²) in [6.45, 7) is 12.1. The Hall–Kier alpha value is -2.04. The first-order chi connectivity index (χ1) is 14.2. The highest BCUT2D eigenvalue weighted by Gasteiger charge is 2.23. The van der Waals surface area contributed by atoms with Gasteiger partial charge in [-0.1, -0.05) is 50.2 Å². The van der Waals surface area contributed by atoms with Crippen LogP contribution in [0.2, 0.25) is 0 Å². The van der Waals surface area contributed by atoms with Crippen LogP contribution in [0.15, 0.2) is 48.5 Å². The fraction of sp³-hybridized carbons (Fsp3) is 0.520. The quantitative estimate of drug-likeness (QED) is 0.609. The van der Waals surface area contributed by atoms with Crippen LogP contribution in [0.1, 0.15) is 50.8 Å². The Kier molecular flexibility index (Phi) is 8.38. The Bertz CT molecular complexity index is 727. The number of hydrogen-bond acceptors (Lipinski definition) is 4. The van der Waals surface area contributed by atoms with E-state index in [0.717, 1.165) is 43.2 Å². The second-order valence-corrected chi connectivity index (χ2v) is 8.19. The first-order valence-electron chi connectivity index (χ1n) is 11.1. The first-order valence-corrected chi connectivity index (χ1v) is 11.1. The second-order valence-electron chi connectivity index (χ2n) is 8.19. The predicted octanol–water partition coefficient (Wildman–Crippen LogP) is 5.05. The molecule has 0 amide bonds. The molecule has 0 bridgehead atoms.